The molecule has 3 nitrogen and oxygen atoms in total. The summed E-state index contributed by atoms with van der Waals surface area (Å²) in [5.74, 6) is -0.276. The Hall–Kier alpha value is -1.70. The molecule has 2 N–H and O–H groups in total. The Balaban J connectivity index is 1.83. The Morgan fingerprint density at radius 2 is 1.60 bits per heavy atom. The van der Waals surface area contributed by atoms with Gasteiger partial charge in [0.15, 0.2) is 5.11 Å². The minimum Gasteiger partial charge on any atom is -0.406 e. The monoisotopic (exact) mass is 408 g/mol. The summed E-state index contributed by atoms with van der Waals surface area (Å²) in [6.45, 7) is 0.683. The predicted molar refractivity (Wildman–Crippen MR) is 95.9 cm³/mol. The third kappa shape index (κ3) is 6.97. The lowest BCUT2D eigenvalue weighted by molar-refractivity contribution is -0.274. The van der Waals surface area contributed by atoms with Gasteiger partial charge in [-0.1, -0.05) is 41.4 Å². The molecular weight excluding hydrogens is 396 g/mol. The van der Waals surface area contributed by atoms with Crippen LogP contribution in [0.3, 0.4) is 0 Å². The predicted octanol–water partition coefficient (Wildman–Crippen LogP) is 5.06. The highest BCUT2D eigenvalue weighted by Crippen LogP contribution is 2.23. The molecule has 0 aliphatic heterocycles. The van der Waals surface area contributed by atoms with Crippen LogP contribution in [0.15, 0.2) is 42.5 Å². The van der Waals surface area contributed by atoms with Crippen LogP contribution >= 0.6 is 35.4 Å². The molecule has 25 heavy (non-hydrogen) atoms. The van der Waals surface area contributed by atoms with Gasteiger partial charge < -0.3 is 15.4 Å². The van der Waals surface area contributed by atoms with Crippen molar-refractivity contribution in [3.8, 4) is 5.75 Å². The molecule has 0 aliphatic rings. The maximum atomic E-state index is 12.2. The van der Waals surface area contributed by atoms with Gasteiger partial charge >= 0.3 is 6.36 Å². The zero-order valence-corrected chi connectivity index (χ0v) is 15.0. The van der Waals surface area contributed by atoms with Crippen LogP contribution < -0.4 is 15.4 Å². The molecule has 0 fully saturated rings. The summed E-state index contributed by atoms with van der Waals surface area (Å²) < 4.78 is 40.5. The van der Waals surface area contributed by atoms with Gasteiger partial charge in [0.25, 0.3) is 0 Å². The highest BCUT2D eigenvalue weighted by atomic mass is 35.5. The summed E-state index contributed by atoms with van der Waals surface area (Å²) in [6, 6.07) is 10.9. The molecule has 0 aliphatic carbocycles. The van der Waals surface area contributed by atoms with E-state index in [9.17, 15) is 13.2 Å². The van der Waals surface area contributed by atoms with Crippen molar-refractivity contribution < 1.29 is 17.9 Å². The first-order chi connectivity index (χ1) is 11.7. The number of halogens is 5. The molecule has 134 valence electrons. The summed E-state index contributed by atoms with van der Waals surface area (Å²) in [5, 5.41) is 7.15. The molecule has 2 aromatic carbocycles. The molecule has 0 aromatic heterocycles. The van der Waals surface area contributed by atoms with Gasteiger partial charge in [-0.15, -0.1) is 13.2 Å². The lowest BCUT2D eigenvalue weighted by atomic mass is 10.2. The van der Waals surface area contributed by atoms with E-state index in [1.165, 1.54) is 18.2 Å². The summed E-state index contributed by atoms with van der Waals surface area (Å²) >= 11 is 16.9. The van der Waals surface area contributed by atoms with Gasteiger partial charge in [-0.05, 0) is 47.6 Å². The second-order valence-corrected chi connectivity index (χ2v) is 6.20. The summed E-state index contributed by atoms with van der Waals surface area (Å²) in [5.41, 5.74) is 1.49. The normalized spacial score (nSPS) is 11.1. The minimum atomic E-state index is -4.72. The molecule has 9 heteroatoms. The van der Waals surface area contributed by atoms with Crippen LogP contribution in [0.5, 0.6) is 5.75 Å². The van der Waals surface area contributed by atoms with Crippen molar-refractivity contribution in [3.63, 3.8) is 0 Å². The quantitative estimate of drug-likeness (QED) is 0.677. The Morgan fingerprint density at radius 1 is 0.960 bits per heavy atom. The summed E-state index contributed by atoms with van der Waals surface area (Å²) in [7, 11) is 0. The van der Waals surface area contributed by atoms with Crippen LogP contribution in [-0.4, -0.2) is 11.5 Å². The van der Waals surface area contributed by atoms with E-state index in [0.29, 0.717) is 27.3 Å². The molecule has 0 amide bonds. The van der Waals surface area contributed by atoms with Crippen LogP contribution in [0.25, 0.3) is 0 Å². The Bertz CT molecular complexity index is 756. The van der Waals surface area contributed by atoms with Gasteiger partial charge in [0, 0.05) is 13.1 Å². The van der Waals surface area contributed by atoms with E-state index in [1.54, 1.807) is 18.2 Å². The minimum absolute atomic E-state index is 0.252. The van der Waals surface area contributed by atoms with Crippen molar-refractivity contribution in [2.45, 2.75) is 19.5 Å². The molecule has 0 bridgehead atoms. The number of hydrogen-bond acceptors (Lipinski definition) is 2. The Morgan fingerprint density at radius 3 is 2.20 bits per heavy atom. The van der Waals surface area contributed by atoms with E-state index in [0.717, 1.165) is 5.56 Å². The summed E-state index contributed by atoms with van der Waals surface area (Å²) in [6.07, 6.45) is -4.72. The number of thiocarbonyl (C=S) groups is 1. The van der Waals surface area contributed by atoms with E-state index in [1.807, 2.05) is 6.07 Å². The highest BCUT2D eigenvalue weighted by Gasteiger charge is 2.31. The maximum absolute atomic E-state index is 12.2. The first kappa shape index (κ1) is 19.6. The second-order valence-electron chi connectivity index (χ2n) is 4.98. The van der Waals surface area contributed by atoms with E-state index in [-0.39, 0.29) is 12.3 Å². The smallest absolute Gasteiger partial charge is 0.406 e. The van der Waals surface area contributed by atoms with Crippen molar-refractivity contribution in [2.24, 2.45) is 0 Å². The van der Waals surface area contributed by atoms with E-state index < -0.39 is 6.36 Å². The van der Waals surface area contributed by atoms with Crippen LogP contribution in [0.2, 0.25) is 10.0 Å². The van der Waals surface area contributed by atoms with E-state index in [4.69, 9.17) is 35.4 Å². The first-order valence-electron chi connectivity index (χ1n) is 7.03. The third-order valence-electron chi connectivity index (χ3n) is 3.02. The number of hydrogen-bond donors (Lipinski definition) is 2. The summed E-state index contributed by atoms with van der Waals surface area (Å²) in [4.78, 5) is 0. The molecule has 2 aromatic rings. The third-order valence-corrected chi connectivity index (χ3v) is 4.05. The molecule has 0 spiro atoms. The number of ether oxygens (including phenoxy) is 1. The molecule has 2 rings (SSSR count). The molecule has 0 atom stereocenters. The number of benzene rings is 2. The first-order valence-corrected chi connectivity index (χ1v) is 8.20. The van der Waals surface area contributed by atoms with Gasteiger partial charge in [-0.3, -0.25) is 0 Å². The zero-order valence-electron chi connectivity index (χ0n) is 12.7. The molecule has 0 saturated carbocycles. The molecule has 0 radical (unpaired) electrons. The van der Waals surface area contributed by atoms with Crippen LogP contribution in [0.1, 0.15) is 11.1 Å². The Kier molecular flexibility index (Phi) is 6.75. The van der Waals surface area contributed by atoms with Gasteiger partial charge in [0.05, 0.1) is 10.0 Å². The standard InChI is InChI=1S/C16H13Cl2F3N2OS/c17-13-5-4-11(7-14(13)18)9-23-15(25)22-8-10-2-1-3-12(6-10)24-16(19,20)21/h1-7H,8-9H2,(H2,22,23,25). The van der Waals surface area contributed by atoms with Gasteiger partial charge in [0.1, 0.15) is 5.75 Å². The number of alkyl halides is 3. The van der Waals surface area contributed by atoms with Crippen molar-refractivity contribution >= 4 is 40.5 Å². The largest absolute Gasteiger partial charge is 0.573 e. The SMILES string of the molecule is FC(F)(F)Oc1cccc(CNC(=S)NCc2ccc(Cl)c(Cl)c2)c1. The molecular formula is C16H13Cl2F3N2OS. The number of nitrogens with one attached hydrogen (secondary N) is 2. The van der Waals surface area contributed by atoms with E-state index in [2.05, 4.69) is 15.4 Å². The van der Waals surface area contributed by atoms with Gasteiger partial charge in [-0.2, -0.15) is 0 Å². The highest BCUT2D eigenvalue weighted by molar-refractivity contribution is 7.80. The van der Waals surface area contributed by atoms with E-state index >= 15 is 0 Å². The zero-order chi connectivity index (χ0) is 18.4. The number of rotatable bonds is 5. The van der Waals surface area contributed by atoms with Crippen molar-refractivity contribution in [1.29, 1.82) is 0 Å². The lowest BCUT2D eigenvalue weighted by Gasteiger charge is -2.13. The van der Waals surface area contributed by atoms with Crippen LogP contribution in [0, 0.1) is 0 Å². The molecule has 0 unspecified atom stereocenters. The second kappa shape index (κ2) is 8.60. The van der Waals surface area contributed by atoms with Gasteiger partial charge in [0.2, 0.25) is 0 Å². The van der Waals surface area contributed by atoms with Gasteiger partial charge in [-0.25, -0.2) is 0 Å². The molecule has 0 saturated heterocycles. The Labute approximate surface area is 158 Å². The fraction of sp³-hybridized carbons (Fsp3) is 0.188. The van der Waals surface area contributed by atoms with Crippen molar-refractivity contribution in [1.82, 2.24) is 10.6 Å². The molecule has 0 heterocycles. The van der Waals surface area contributed by atoms with Crippen LogP contribution in [0.4, 0.5) is 13.2 Å². The topological polar surface area (TPSA) is 33.3 Å². The fourth-order valence-corrected chi connectivity index (χ4v) is 2.39. The average Bonchev–Trinajstić information content (AvgIpc) is 2.53. The lowest BCUT2D eigenvalue weighted by Crippen LogP contribution is -2.34. The average molecular weight is 409 g/mol. The van der Waals surface area contributed by atoms with Crippen molar-refractivity contribution in [2.75, 3.05) is 0 Å². The van der Waals surface area contributed by atoms with Crippen molar-refractivity contribution in [3.05, 3.63) is 63.6 Å². The maximum Gasteiger partial charge on any atom is 0.573 e. The fourth-order valence-electron chi connectivity index (χ4n) is 1.93. The van der Waals surface area contributed by atoms with Crippen LogP contribution in [-0.2, 0) is 13.1 Å².